The fraction of sp³-hybridized carbons (Fsp3) is 0.870. The molecule has 0 fully saturated rings. The average Bonchev–Trinajstić information content (AvgIpc) is 2.57. The standard InChI is InChI=1S/C23H45NO2Si/c1-9-20-13-10-12-18(2)15-16-21(26-27(7,8)23(4,5)6)19(3)22(25)24-17-11-14-20/h15-16,18-21H,9-14,17H2,1-8H3,(H,24,25)/b16-15+/t18-,19-,20+,21-/m1/s1. The molecule has 1 heterocycles. The van der Waals surface area contributed by atoms with Gasteiger partial charge in [-0.25, -0.2) is 0 Å². The molecular formula is C23H45NO2Si. The molecule has 158 valence electrons. The maximum absolute atomic E-state index is 12.8. The van der Waals surface area contributed by atoms with Crippen molar-refractivity contribution in [2.75, 3.05) is 6.54 Å². The number of carbonyl (C=O) groups excluding carboxylic acids is 1. The van der Waals surface area contributed by atoms with E-state index in [1.54, 1.807) is 0 Å². The largest absolute Gasteiger partial charge is 0.410 e. The Morgan fingerprint density at radius 3 is 2.33 bits per heavy atom. The molecule has 4 heteroatoms. The Balaban J connectivity index is 2.96. The maximum atomic E-state index is 12.8. The van der Waals surface area contributed by atoms with Crippen molar-refractivity contribution in [3.63, 3.8) is 0 Å². The van der Waals surface area contributed by atoms with E-state index in [1.807, 2.05) is 6.92 Å². The SMILES string of the molecule is CC[C@@H]1CCCNC(=O)[C@H](C)[C@H](O[Si](C)(C)C(C)(C)C)/C=C/[C@H](C)CCC1. The molecule has 1 amide bonds. The molecule has 0 saturated carbocycles. The second kappa shape index (κ2) is 10.8. The zero-order chi connectivity index (χ0) is 20.7. The molecular weight excluding hydrogens is 350 g/mol. The first-order chi connectivity index (χ1) is 12.5. The average molecular weight is 396 g/mol. The van der Waals surface area contributed by atoms with Crippen LogP contribution in [-0.4, -0.2) is 26.9 Å². The highest BCUT2D eigenvalue weighted by Gasteiger charge is 2.40. The normalized spacial score (nSPS) is 31.0. The second-order valence-electron chi connectivity index (χ2n) is 10.1. The van der Waals surface area contributed by atoms with Gasteiger partial charge in [0.2, 0.25) is 5.91 Å². The Labute approximate surface area is 169 Å². The van der Waals surface area contributed by atoms with Crippen molar-refractivity contribution in [3.8, 4) is 0 Å². The predicted molar refractivity (Wildman–Crippen MR) is 119 cm³/mol. The van der Waals surface area contributed by atoms with Gasteiger partial charge in [-0.2, -0.15) is 0 Å². The van der Waals surface area contributed by atoms with Crippen LogP contribution in [0.4, 0.5) is 0 Å². The lowest BCUT2D eigenvalue weighted by molar-refractivity contribution is -0.126. The molecule has 0 aromatic heterocycles. The van der Waals surface area contributed by atoms with Gasteiger partial charge in [0.1, 0.15) is 0 Å². The van der Waals surface area contributed by atoms with Gasteiger partial charge in [0.25, 0.3) is 0 Å². The number of hydrogen-bond donors (Lipinski definition) is 1. The third kappa shape index (κ3) is 8.11. The molecule has 0 radical (unpaired) electrons. The molecule has 3 nitrogen and oxygen atoms in total. The van der Waals surface area contributed by atoms with Gasteiger partial charge in [-0.1, -0.05) is 73.0 Å². The number of hydrogen-bond acceptors (Lipinski definition) is 2. The van der Waals surface area contributed by atoms with Gasteiger partial charge >= 0.3 is 0 Å². The van der Waals surface area contributed by atoms with Gasteiger partial charge in [0, 0.05) is 6.54 Å². The molecule has 1 aliphatic rings. The number of carbonyl (C=O) groups is 1. The first-order valence-electron chi connectivity index (χ1n) is 11.1. The lowest BCUT2D eigenvalue weighted by Crippen LogP contribution is -2.47. The Bertz CT molecular complexity index is 481. The summed E-state index contributed by atoms with van der Waals surface area (Å²) in [5.74, 6) is 1.30. The van der Waals surface area contributed by atoms with Crippen LogP contribution < -0.4 is 5.32 Å². The minimum Gasteiger partial charge on any atom is -0.410 e. The van der Waals surface area contributed by atoms with Gasteiger partial charge in [-0.15, -0.1) is 0 Å². The summed E-state index contributed by atoms with van der Waals surface area (Å²) in [6, 6.07) is 0. The Morgan fingerprint density at radius 1 is 1.11 bits per heavy atom. The van der Waals surface area contributed by atoms with Gasteiger partial charge in [-0.05, 0) is 49.2 Å². The van der Waals surface area contributed by atoms with E-state index < -0.39 is 8.32 Å². The highest BCUT2D eigenvalue weighted by molar-refractivity contribution is 6.74. The van der Waals surface area contributed by atoms with E-state index in [2.05, 4.69) is 65.2 Å². The third-order valence-electron chi connectivity index (χ3n) is 6.71. The smallest absolute Gasteiger partial charge is 0.225 e. The van der Waals surface area contributed by atoms with Crippen molar-refractivity contribution >= 4 is 14.2 Å². The van der Waals surface area contributed by atoms with Crippen molar-refractivity contribution in [1.82, 2.24) is 5.32 Å². The van der Waals surface area contributed by atoms with Crippen LogP contribution in [0.15, 0.2) is 12.2 Å². The third-order valence-corrected chi connectivity index (χ3v) is 11.2. The van der Waals surface area contributed by atoms with E-state index in [9.17, 15) is 4.79 Å². The van der Waals surface area contributed by atoms with Gasteiger partial charge in [-0.3, -0.25) is 4.79 Å². The van der Waals surface area contributed by atoms with Gasteiger partial charge in [0.05, 0.1) is 12.0 Å². The predicted octanol–water partition coefficient (Wildman–Crippen LogP) is 6.31. The minimum absolute atomic E-state index is 0.126. The van der Waals surface area contributed by atoms with E-state index in [1.165, 1.54) is 32.1 Å². The van der Waals surface area contributed by atoms with Crippen LogP contribution in [0.25, 0.3) is 0 Å². The van der Waals surface area contributed by atoms with Crippen LogP contribution in [-0.2, 0) is 9.22 Å². The van der Waals surface area contributed by atoms with Crippen LogP contribution in [0.3, 0.4) is 0 Å². The molecule has 4 atom stereocenters. The summed E-state index contributed by atoms with van der Waals surface area (Å²) < 4.78 is 6.66. The van der Waals surface area contributed by atoms with Crippen LogP contribution >= 0.6 is 0 Å². The monoisotopic (exact) mass is 395 g/mol. The minimum atomic E-state index is -1.94. The summed E-state index contributed by atoms with van der Waals surface area (Å²) in [4.78, 5) is 12.8. The first kappa shape index (κ1) is 24.4. The molecule has 27 heavy (non-hydrogen) atoms. The van der Waals surface area contributed by atoms with Gasteiger partial charge < -0.3 is 9.74 Å². The number of allylic oxidation sites excluding steroid dienone is 1. The Morgan fingerprint density at radius 2 is 1.74 bits per heavy atom. The van der Waals surface area contributed by atoms with E-state index in [4.69, 9.17) is 4.43 Å². The van der Waals surface area contributed by atoms with Crippen molar-refractivity contribution < 1.29 is 9.22 Å². The zero-order valence-corrected chi connectivity index (χ0v) is 20.2. The summed E-state index contributed by atoms with van der Waals surface area (Å²) in [5, 5.41) is 3.30. The molecule has 1 aliphatic heterocycles. The summed E-state index contributed by atoms with van der Waals surface area (Å²) in [7, 11) is -1.94. The van der Waals surface area contributed by atoms with Crippen molar-refractivity contribution in [2.45, 2.75) is 104 Å². The Kier molecular flexibility index (Phi) is 9.77. The molecule has 0 aliphatic carbocycles. The van der Waals surface area contributed by atoms with E-state index in [0.29, 0.717) is 5.92 Å². The summed E-state index contributed by atoms with van der Waals surface area (Å²) >= 11 is 0. The van der Waals surface area contributed by atoms with E-state index in [0.717, 1.165) is 18.9 Å². The molecule has 1 N–H and O–H groups in total. The second-order valence-corrected chi connectivity index (χ2v) is 14.9. The van der Waals surface area contributed by atoms with E-state index in [-0.39, 0.29) is 23.0 Å². The van der Waals surface area contributed by atoms with Crippen molar-refractivity contribution in [3.05, 3.63) is 12.2 Å². The molecule has 0 bridgehead atoms. The Hall–Kier alpha value is -0.613. The summed E-state index contributed by atoms with van der Waals surface area (Å²) in [6.07, 6.45) is 11.7. The van der Waals surface area contributed by atoms with Gasteiger partial charge in [0.15, 0.2) is 8.32 Å². The van der Waals surface area contributed by atoms with E-state index >= 15 is 0 Å². The summed E-state index contributed by atoms with van der Waals surface area (Å²) in [5.41, 5.74) is 0. The van der Waals surface area contributed by atoms with Crippen LogP contribution in [0, 0.1) is 17.8 Å². The quantitative estimate of drug-likeness (QED) is 0.449. The topological polar surface area (TPSA) is 38.3 Å². The highest BCUT2D eigenvalue weighted by Crippen LogP contribution is 2.38. The van der Waals surface area contributed by atoms with Crippen LogP contribution in [0.5, 0.6) is 0 Å². The molecule has 0 aromatic rings. The maximum Gasteiger partial charge on any atom is 0.225 e. The van der Waals surface area contributed by atoms with Crippen LogP contribution in [0.2, 0.25) is 18.1 Å². The lowest BCUT2D eigenvalue weighted by Gasteiger charge is -2.40. The molecule has 1 rings (SSSR count). The zero-order valence-electron chi connectivity index (χ0n) is 19.2. The fourth-order valence-corrected chi connectivity index (χ4v) is 4.73. The molecule has 0 unspecified atom stereocenters. The number of amides is 1. The van der Waals surface area contributed by atoms with Crippen molar-refractivity contribution in [1.29, 1.82) is 0 Å². The fourth-order valence-electron chi connectivity index (χ4n) is 3.41. The molecule has 0 saturated heterocycles. The van der Waals surface area contributed by atoms with Crippen LogP contribution in [0.1, 0.15) is 80.1 Å². The summed E-state index contributed by atoms with van der Waals surface area (Å²) in [6.45, 7) is 18.7. The lowest BCUT2D eigenvalue weighted by atomic mass is 9.91. The first-order valence-corrected chi connectivity index (χ1v) is 14.0. The van der Waals surface area contributed by atoms with Crippen molar-refractivity contribution in [2.24, 2.45) is 17.8 Å². The highest BCUT2D eigenvalue weighted by atomic mass is 28.4. The molecule has 0 aromatic carbocycles. The number of nitrogens with one attached hydrogen (secondary N) is 1. The number of rotatable bonds is 3. The molecule has 0 spiro atoms.